The Kier molecular flexibility index (Phi) is 8.00. The molecule has 1 N–H and O–H groups in total. The molecule has 0 aromatic heterocycles. The summed E-state index contributed by atoms with van der Waals surface area (Å²) in [5.74, 6) is 0.269. The van der Waals surface area contributed by atoms with Gasteiger partial charge in [0.2, 0.25) is 0 Å². The summed E-state index contributed by atoms with van der Waals surface area (Å²) in [5.41, 5.74) is 2.21. The van der Waals surface area contributed by atoms with E-state index in [-0.39, 0.29) is 16.7 Å². The number of hydrogen-bond donors (Lipinski definition) is 1. The van der Waals surface area contributed by atoms with Gasteiger partial charge in [0, 0.05) is 16.8 Å². The maximum absolute atomic E-state index is 13.5. The van der Waals surface area contributed by atoms with Gasteiger partial charge in [0.25, 0.3) is 11.7 Å². The molecule has 7 nitrogen and oxygen atoms in total. The summed E-state index contributed by atoms with van der Waals surface area (Å²) in [6.45, 7) is 8.73. The van der Waals surface area contributed by atoms with Crippen molar-refractivity contribution < 1.29 is 28.9 Å². The first kappa shape index (κ1) is 27.8. The number of methoxy groups -OCH3 is 2. The lowest BCUT2D eigenvalue weighted by molar-refractivity contribution is -0.132. The highest BCUT2D eigenvalue weighted by atomic mass is 16.5. The van der Waals surface area contributed by atoms with Crippen LogP contribution in [0.4, 0.5) is 5.69 Å². The van der Waals surface area contributed by atoms with Crippen LogP contribution in [0.3, 0.4) is 0 Å². The normalized spacial score (nSPS) is 16.9. The van der Waals surface area contributed by atoms with Crippen LogP contribution < -0.4 is 19.1 Å². The Morgan fingerprint density at radius 3 is 2.10 bits per heavy atom. The molecule has 1 saturated heterocycles. The highest BCUT2D eigenvalue weighted by Gasteiger charge is 2.47. The maximum atomic E-state index is 13.5. The van der Waals surface area contributed by atoms with Crippen LogP contribution >= 0.6 is 0 Å². The number of carbonyl (C=O) groups excluding carboxylic acids is 2. The van der Waals surface area contributed by atoms with Crippen molar-refractivity contribution in [3.05, 3.63) is 89.0 Å². The molecule has 0 saturated carbocycles. The molecule has 1 amide bonds. The quantitative estimate of drug-likeness (QED) is 0.206. The number of ketones is 1. The van der Waals surface area contributed by atoms with Crippen LogP contribution in [0.15, 0.2) is 72.3 Å². The first-order valence-electron chi connectivity index (χ1n) is 13.0. The number of aliphatic hydroxyl groups excluding tert-OH is 1. The molecule has 204 valence electrons. The van der Waals surface area contributed by atoms with Crippen LogP contribution in [-0.2, 0) is 15.0 Å². The summed E-state index contributed by atoms with van der Waals surface area (Å²) in [6.07, 6.45) is 0.873. The molecule has 1 unspecified atom stereocenters. The molecule has 0 bridgehead atoms. The fourth-order valence-electron chi connectivity index (χ4n) is 4.72. The van der Waals surface area contributed by atoms with Crippen LogP contribution in [0, 0.1) is 0 Å². The molecule has 1 atom stereocenters. The van der Waals surface area contributed by atoms with E-state index in [1.807, 2.05) is 58.0 Å². The lowest BCUT2D eigenvalue weighted by Gasteiger charge is -2.26. The molecule has 1 aliphatic heterocycles. The zero-order valence-electron chi connectivity index (χ0n) is 23.3. The number of benzene rings is 3. The molecule has 7 heteroatoms. The molecule has 1 fully saturated rings. The highest BCUT2D eigenvalue weighted by Crippen LogP contribution is 2.43. The van der Waals surface area contributed by atoms with E-state index in [1.165, 1.54) is 4.90 Å². The second-order valence-electron chi connectivity index (χ2n) is 10.4. The van der Waals surface area contributed by atoms with E-state index in [9.17, 15) is 14.7 Å². The number of anilines is 1. The van der Waals surface area contributed by atoms with Gasteiger partial charge in [0.15, 0.2) is 0 Å². The Morgan fingerprint density at radius 2 is 1.54 bits per heavy atom. The molecular weight excluding hydrogens is 494 g/mol. The second-order valence-corrected chi connectivity index (χ2v) is 10.4. The average molecular weight is 530 g/mol. The number of Topliss-reactive ketones (excluding diaryl/α,β-unsaturated/α-hetero) is 1. The summed E-state index contributed by atoms with van der Waals surface area (Å²) in [4.78, 5) is 28.4. The number of nitrogens with zero attached hydrogens (tertiary/aromatic N) is 1. The van der Waals surface area contributed by atoms with Crippen LogP contribution in [0.1, 0.15) is 56.8 Å². The molecule has 0 radical (unpaired) electrons. The number of hydrogen-bond acceptors (Lipinski definition) is 6. The maximum Gasteiger partial charge on any atom is 0.300 e. The Labute approximate surface area is 229 Å². The standard InChI is InChI=1S/C32H35NO6/c1-7-18-39-24-13-8-20(9-14-24)28-27(29(34)21-10-17-26(38-6)25(19-21)32(2,3)4)30(35)31(36)33(28)22-11-15-23(37-5)16-12-22/h8-17,19,28,34H,7,18H2,1-6H3/b29-27-. The van der Waals surface area contributed by atoms with Crippen molar-refractivity contribution >= 4 is 23.1 Å². The molecule has 3 aromatic rings. The smallest absolute Gasteiger partial charge is 0.300 e. The number of ether oxygens (including phenoxy) is 3. The molecule has 1 heterocycles. The van der Waals surface area contributed by atoms with E-state index < -0.39 is 17.7 Å². The predicted octanol–water partition coefficient (Wildman–Crippen LogP) is 6.42. The highest BCUT2D eigenvalue weighted by molar-refractivity contribution is 6.51. The molecule has 39 heavy (non-hydrogen) atoms. The van der Waals surface area contributed by atoms with Gasteiger partial charge >= 0.3 is 0 Å². The lowest BCUT2D eigenvalue weighted by Crippen LogP contribution is -2.29. The summed E-state index contributed by atoms with van der Waals surface area (Å²) in [5, 5.41) is 11.6. The molecule has 1 aliphatic rings. The minimum absolute atomic E-state index is 0.0167. The van der Waals surface area contributed by atoms with Crippen LogP contribution in [0.5, 0.6) is 17.2 Å². The van der Waals surface area contributed by atoms with Crippen molar-refractivity contribution in [3.8, 4) is 17.2 Å². The topological polar surface area (TPSA) is 85.3 Å². The molecular formula is C32H35NO6. The minimum Gasteiger partial charge on any atom is -0.507 e. The van der Waals surface area contributed by atoms with Gasteiger partial charge in [-0.3, -0.25) is 14.5 Å². The van der Waals surface area contributed by atoms with Crippen LogP contribution in [0.2, 0.25) is 0 Å². The van der Waals surface area contributed by atoms with Crippen LogP contribution in [0.25, 0.3) is 5.76 Å². The monoisotopic (exact) mass is 529 g/mol. The second kappa shape index (κ2) is 11.2. The van der Waals surface area contributed by atoms with E-state index in [2.05, 4.69) is 0 Å². The van der Waals surface area contributed by atoms with E-state index in [1.54, 1.807) is 50.6 Å². The van der Waals surface area contributed by atoms with E-state index in [0.717, 1.165) is 12.0 Å². The number of rotatable bonds is 8. The molecule has 0 aliphatic carbocycles. The predicted molar refractivity (Wildman–Crippen MR) is 152 cm³/mol. The number of aliphatic hydroxyl groups is 1. The van der Waals surface area contributed by atoms with E-state index in [4.69, 9.17) is 14.2 Å². The van der Waals surface area contributed by atoms with Gasteiger partial charge in [-0.05, 0) is 72.0 Å². The third-order valence-corrected chi connectivity index (χ3v) is 6.74. The van der Waals surface area contributed by atoms with E-state index in [0.29, 0.717) is 40.7 Å². The fraction of sp³-hybridized carbons (Fsp3) is 0.312. The van der Waals surface area contributed by atoms with Crippen LogP contribution in [-0.4, -0.2) is 37.6 Å². The first-order valence-corrected chi connectivity index (χ1v) is 13.0. The Bertz CT molecular complexity index is 1380. The zero-order valence-corrected chi connectivity index (χ0v) is 23.3. The average Bonchev–Trinajstić information content (AvgIpc) is 3.20. The summed E-state index contributed by atoms with van der Waals surface area (Å²) < 4.78 is 16.5. The van der Waals surface area contributed by atoms with Gasteiger partial charge in [-0.1, -0.05) is 39.8 Å². The molecule has 0 spiro atoms. The summed E-state index contributed by atoms with van der Waals surface area (Å²) in [6, 6.07) is 18.6. The Morgan fingerprint density at radius 1 is 0.897 bits per heavy atom. The molecule has 4 rings (SSSR count). The third kappa shape index (κ3) is 5.48. The van der Waals surface area contributed by atoms with Crippen molar-refractivity contribution in [2.75, 3.05) is 25.7 Å². The zero-order chi connectivity index (χ0) is 28.3. The number of carbonyl (C=O) groups is 2. The molecule has 3 aromatic carbocycles. The number of amides is 1. The third-order valence-electron chi connectivity index (χ3n) is 6.74. The van der Waals surface area contributed by atoms with E-state index >= 15 is 0 Å². The van der Waals surface area contributed by atoms with Gasteiger partial charge in [-0.2, -0.15) is 0 Å². The van der Waals surface area contributed by atoms with Crippen molar-refractivity contribution in [1.82, 2.24) is 0 Å². The van der Waals surface area contributed by atoms with Crippen molar-refractivity contribution in [1.29, 1.82) is 0 Å². The summed E-state index contributed by atoms with van der Waals surface area (Å²) >= 11 is 0. The Hall–Kier alpha value is -4.26. The summed E-state index contributed by atoms with van der Waals surface area (Å²) in [7, 11) is 3.16. The first-order chi connectivity index (χ1) is 18.6. The van der Waals surface area contributed by atoms with Gasteiger partial charge in [0.05, 0.1) is 32.4 Å². The largest absolute Gasteiger partial charge is 0.507 e. The lowest BCUT2D eigenvalue weighted by atomic mass is 9.84. The van der Waals surface area contributed by atoms with Gasteiger partial charge in [-0.15, -0.1) is 0 Å². The fourth-order valence-corrected chi connectivity index (χ4v) is 4.72. The Balaban J connectivity index is 1.90. The van der Waals surface area contributed by atoms with Gasteiger partial charge in [-0.25, -0.2) is 0 Å². The van der Waals surface area contributed by atoms with Crippen molar-refractivity contribution in [2.45, 2.75) is 45.6 Å². The van der Waals surface area contributed by atoms with Gasteiger partial charge in [0.1, 0.15) is 23.0 Å². The van der Waals surface area contributed by atoms with Gasteiger partial charge < -0.3 is 19.3 Å². The van der Waals surface area contributed by atoms with Crippen molar-refractivity contribution in [3.63, 3.8) is 0 Å². The SMILES string of the molecule is CCCOc1ccc(C2/C(=C(/O)c3ccc(OC)c(C(C)(C)C)c3)C(=O)C(=O)N2c2ccc(OC)cc2)cc1. The minimum atomic E-state index is -0.848. The van der Waals surface area contributed by atoms with Crippen molar-refractivity contribution in [2.24, 2.45) is 0 Å².